The van der Waals surface area contributed by atoms with E-state index >= 15 is 0 Å². The molecule has 0 bridgehead atoms. The average molecular weight is 562 g/mol. The molecule has 2 aromatic carbocycles. The largest absolute Gasteiger partial charge is 0.449 e. The highest BCUT2D eigenvalue weighted by atomic mass is 32.2. The van der Waals surface area contributed by atoms with E-state index in [0.717, 1.165) is 5.69 Å². The zero-order valence-electron chi connectivity index (χ0n) is 21.6. The van der Waals surface area contributed by atoms with Crippen LogP contribution in [0.4, 0.5) is 5.69 Å². The quantitative estimate of drug-likeness (QED) is 0.325. The van der Waals surface area contributed by atoms with Crippen molar-refractivity contribution in [3.63, 3.8) is 0 Å². The first-order valence-electron chi connectivity index (χ1n) is 12.6. The molecule has 1 aliphatic heterocycles. The zero-order chi connectivity index (χ0) is 28.1. The Hall–Kier alpha value is -4.39. The molecule has 0 aliphatic carbocycles. The van der Waals surface area contributed by atoms with Crippen molar-refractivity contribution in [2.75, 3.05) is 31.6 Å². The molecule has 3 heterocycles. The van der Waals surface area contributed by atoms with E-state index in [1.54, 1.807) is 41.5 Å². The van der Waals surface area contributed by atoms with Gasteiger partial charge >= 0.3 is 5.97 Å². The Kier molecular flexibility index (Phi) is 8.01. The lowest BCUT2D eigenvalue weighted by atomic mass is 10.1. The summed E-state index contributed by atoms with van der Waals surface area (Å²) >= 11 is 0. The van der Waals surface area contributed by atoms with Gasteiger partial charge < -0.3 is 14.8 Å². The Balaban J connectivity index is 1.32. The Bertz CT molecular complexity index is 1600. The van der Waals surface area contributed by atoms with Crippen LogP contribution in [0.5, 0.6) is 0 Å². The maximum atomic E-state index is 13.2. The highest BCUT2D eigenvalue weighted by molar-refractivity contribution is 7.89. The second kappa shape index (κ2) is 11.8. The van der Waals surface area contributed by atoms with Crippen LogP contribution in [-0.2, 0) is 24.3 Å². The summed E-state index contributed by atoms with van der Waals surface area (Å²) in [5, 5.41) is 7.21. The van der Waals surface area contributed by atoms with Crippen molar-refractivity contribution in [2.24, 2.45) is 0 Å². The molecule has 0 saturated carbocycles. The zero-order valence-corrected chi connectivity index (χ0v) is 22.5. The molecular weight excluding hydrogens is 534 g/mol. The molecule has 206 valence electrons. The summed E-state index contributed by atoms with van der Waals surface area (Å²) in [5.74, 6) is -1.36. The van der Waals surface area contributed by atoms with Gasteiger partial charge in [-0.05, 0) is 49.4 Å². The number of hydrogen-bond acceptors (Lipinski definition) is 8. The maximum Gasteiger partial charge on any atom is 0.342 e. The number of carbonyl (C=O) groups is 2. The van der Waals surface area contributed by atoms with Gasteiger partial charge in [0.1, 0.15) is 11.3 Å². The van der Waals surface area contributed by atoms with Gasteiger partial charge in [-0.1, -0.05) is 24.3 Å². The van der Waals surface area contributed by atoms with E-state index in [2.05, 4.69) is 15.4 Å². The van der Waals surface area contributed by atoms with E-state index in [0.29, 0.717) is 24.5 Å². The molecule has 1 atom stereocenters. The predicted octanol–water partition coefficient (Wildman–Crippen LogP) is 3.14. The van der Waals surface area contributed by atoms with Crippen molar-refractivity contribution >= 4 is 27.6 Å². The highest BCUT2D eigenvalue weighted by Crippen LogP contribution is 2.25. The number of esters is 1. The molecule has 5 rings (SSSR count). The number of rotatable bonds is 8. The SMILES string of the molecule is C[C@@H](OC(=O)c1cn(-c2ccccc2)nc1-c1cccnc1)C(=O)Nc1cccc(S(=O)(=O)N2CCOCC2)c1. The van der Waals surface area contributed by atoms with Crippen LogP contribution in [0.25, 0.3) is 16.9 Å². The van der Waals surface area contributed by atoms with Gasteiger partial charge in [0.05, 0.1) is 23.8 Å². The van der Waals surface area contributed by atoms with Crippen molar-refractivity contribution in [1.82, 2.24) is 19.1 Å². The second-order valence-electron chi connectivity index (χ2n) is 8.99. The van der Waals surface area contributed by atoms with Crippen LogP contribution >= 0.6 is 0 Å². The number of amides is 1. The molecular formula is C28H27N5O6S. The lowest BCUT2D eigenvalue weighted by Gasteiger charge is -2.26. The minimum atomic E-state index is -3.75. The number of ether oxygens (including phenoxy) is 2. The van der Waals surface area contributed by atoms with Gasteiger partial charge in [-0.25, -0.2) is 17.9 Å². The van der Waals surface area contributed by atoms with Gasteiger partial charge in [0, 0.05) is 42.9 Å². The van der Waals surface area contributed by atoms with E-state index in [9.17, 15) is 18.0 Å². The molecule has 0 unspecified atom stereocenters. The molecule has 1 aliphatic rings. The molecule has 1 saturated heterocycles. The number of nitrogens with one attached hydrogen (secondary N) is 1. The van der Waals surface area contributed by atoms with E-state index < -0.39 is 28.0 Å². The van der Waals surface area contributed by atoms with Gasteiger partial charge in [0.2, 0.25) is 10.0 Å². The fraction of sp³-hybridized carbons (Fsp3) is 0.214. The third-order valence-corrected chi connectivity index (χ3v) is 8.15. The summed E-state index contributed by atoms with van der Waals surface area (Å²) in [5.41, 5.74) is 2.13. The van der Waals surface area contributed by atoms with Crippen molar-refractivity contribution < 1.29 is 27.5 Å². The maximum absolute atomic E-state index is 13.2. The highest BCUT2D eigenvalue weighted by Gasteiger charge is 2.28. The monoisotopic (exact) mass is 561 g/mol. The molecule has 4 aromatic rings. The average Bonchev–Trinajstić information content (AvgIpc) is 3.45. The van der Waals surface area contributed by atoms with Crippen LogP contribution in [-0.4, -0.2) is 71.8 Å². The number of para-hydroxylation sites is 1. The molecule has 2 aromatic heterocycles. The molecule has 11 nitrogen and oxygen atoms in total. The Labute approximate surface area is 231 Å². The number of sulfonamides is 1. The van der Waals surface area contributed by atoms with Gasteiger partial charge in [0.25, 0.3) is 5.91 Å². The van der Waals surface area contributed by atoms with Crippen LogP contribution in [0, 0.1) is 0 Å². The molecule has 12 heteroatoms. The second-order valence-corrected chi connectivity index (χ2v) is 10.9. The van der Waals surface area contributed by atoms with Gasteiger partial charge in [-0.2, -0.15) is 9.40 Å². The van der Waals surface area contributed by atoms with E-state index in [-0.39, 0.29) is 29.2 Å². The van der Waals surface area contributed by atoms with Crippen LogP contribution in [0.15, 0.2) is 90.2 Å². The summed E-state index contributed by atoms with van der Waals surface area (Å²) in [6, 6.07) is 18.7. The van der Waals surface area contributed by atoms with Crippen LogP contribution in [0.2, 0.25) is 0 Å². The minimum Gasteiger partial charge on any atom is -0.449 e. The lowest BCUT2D eigenvalue weighted by molar-refractivity contribution is -0.123. The molecule has 1 N–H and O–H groups in total. The van der Waals surface area contributed by atoms with Gasteiger partial charge in [0.15, 0.2) is 6.10 Å². The third kappa shape index (κ3) is 5.93. The van der Waals surface area contributed by atoms with E-state index in [4.69, 9.17) is 9.47 Å². The number of benzene rings is 2. The predicted molar refractivity (Wildman–Crippen MR) is 146 cm³/mol. The normalized spacial score (nSPS) is 14.8. The fourth-order valence-electron chi connectivity index (χ4n) is 4.14. The van der Waals surface area contributed by atoms with Crippen LogP contribution < -0.4 is 5.32 Å². The molecule has 1 amide bonds. The molecule has 0 radical (unpaired) electrons. The Morgan fingerprint density at radius 1 is 1.02 bits per heavy atom. The van der Waals surface area contributed by atoms with E-state index in [1.165, 1.54) is 29.4 Å². The van der Waals surface area contributed by atoms with Crippen LogP contribution in [0.3, 0.4) is 0 Å². The standard InChI is InChI=1S/C28H27N5O6S/c1-20(27(34)30-22-8-5-11-24(17-22)40(36,37)32-13-15-38-16-14-32)39-28(35)25-19-33(23-9-3-2-4-10-23)31-26(25)21-7-6-12-29-18-21/h2-12,17-20H,13-16H2,1H3,(H,30,34)/t20-/m1/s1. The van der Waals surface area contributed by atoms with Crippen molar-refractivity contribution in [2.45, 2.75) is 17.9 Å². The van der Waals surface area contributed by atoms with Gasteiger partial charge in [-0.3, -0.25) is 9.78 Å². The molecule has 0 spiro atoms. The first-order valence-corrected chi connectivity index (χ1v) is 14.0. The fourth-order valence-corrected chi connectivity index (χ4v) is 5.60. The number of anilines is 1. The number of morpholine rings is 1. The Morgan fingerprint density at radius 2 is 1.80 bits per heavy atom. The molecule has 1 fully saturated rings. The van der Waals surface area contributed by atoms with Crippen LogP contribution in [0.1, 0.15) is 17.3 Å². The summed E-state index contributed by atoms with van der Waals surface area (Å²) in [6.07, 6.45) is 3.56. The summed E-state index contributed by atoms with van der Waals surface area (Å²) in [7, 11) is -3.75. The first kappa shape index (κ1) is 27.2. The first-order chi connectivity index (χ1) is 19.3. The number of carbonyl (C=O) groups excluding carboxylic acids is 2. The summed E-state index contributed by atoms with van der Waals surface area (Å²) in [4.78, 5) is 30.3. The number of hydrogen-bond donors (Lipinski definition) is 1. The smallest absolute Gasteiger partial charge is 0.342 e. The third-order valence-electron chi connectivity index (χ3n) is 6.25. The number of pyridine rings is 1. The molecule has 40 heavy (non-hydrogen) atoms. The van der Waals surface area contributed by atoms with Gasteiger partial charge in [-0.15, -0.1) is 0 Å². The topological polar surface area (TPSA) is 133 Å². The van der Waals surface area contributed by atoms with Crippen molar-refractivity contribution in [3.8, 4) is 16.9 Å². The lowest BCUT2D eigenvalue weighted by Crippen LogP contribution is -2.40. The minimum absolute atomic E-state index is 0.0475. The summed E-state index contributed by atoms with van der Waals surface area (Å²) in [6.45, 7) is 2.60. The number of nitrogens with zero attached hydrogens (tertiary/aromatic N) is 4. The van der Waals surface area contributed by atoms with Crippen molar-refractivity contribution in [3.05, 3.63) is 90.9 Å². The summed E-state index contributed by atoms with van der Waals surface area (Å²) < 4.78 is 39.6. The number of aromatic nitrogens is 3. The van der Waals surface area contributed by atoms with E-state index in [1.807, 2.05) is 30.3 Å². The Morgan fingerprint density at radius 3 is 2.52 bits per heavy atom. The van der Waals surface area contributed by atoms with Crippen molar-refractivity contribution in [1.29, 1.82) is 0 Å².